The Morgan fingerprint density at radius 1 is 1.67 bits per heavy atom. The minimum Gasteiger partial charge on any atom is -0.464 e. The summed E-state index contributed by atoms with van der Waals surface area (Å²) in [5.41, 5.74) is -0.457. The van der Waals surface area contributed by atoms with Crippen LogP contribution in [-0.2, 0) is 19.0 Å². The Bertz CT molecular complexity index is 180. The molecule has 70 valence electrons. The number of epoxide rings is 1. The summed E-state index contributed by atoms with van der Waals surface area (Å²) in [6.07, 6.45) is -0.433. The molecule has 1 aliphatic heterocycles. The molecule has 0 spiro atoms. The van der Waals surface area contributed by atoms with E-state index in [0.29, 0.717) is 13.2 Å². The predicted molar refractivity (Wildman–Crippen MR) is 41.8 cm³/mol. The normalized spacial score (nSPS) is 33.1. The lowest BCUT2D eigenvalue weighted by Gasteiger charge is -2.03. The van der Waals surface area contributed by atoms with Crippen molar-refractivity contribution in [3.63, 3.8) is 0 Å². The van der Waals surface area contributed by atoms with E-state index < -0.39 is 11.7 Å². The van der Waals surface area contributed by atoms with Crippen LogP contribution < -0.4 is 0 Å². The van der Waals surface area contributed by atoms with Crippen LogP contribution in [0.2, 0.25) is 0 Å². The number of ether oxygens (including phenoxy) is 3. The van der Waals surface area contributed by atoms with Crippen molar-refractivity contribution in [3.05, 3.63) is 0 Å². The third kappa shape index (κ3) is 1.76. The Hall–Kier alpha value is -0.610. The average molecular weight is 174 g/mol. The van der Waals surface area contributed by atoms with Gasteiger partial charge in [0.05, 0.1) is 13.2 Å². The lowest BCUT2D eigenvalue weighted by molar-refractivity contribution is -0.144. The third-order valence-electron chi connectivity index (χ3n) is 1.82. The van der Waals surface area contributed by atoms with Crippen molar-refractivity contribution in [2.24, 2.45) is 0 Å². The van der Waals surface area contributed by atoms with Gasteiger partial charge in [-0.05, 0) is 13.8 Å². The molecule has 4 heteroatoms. The zero-order chi connectivity index (χ0) is 9.19. The molecule has 12 heavy (non-hydrogen) atoms. The van der Waals surface area contributed by atoms with Crippen LogP contribution in [0.5, 0.6) is 0 Å². The average Bonchev–Trinajstić information content (AvgIpc) is 2.64. The Labute approximate surface area is 71.8 Å². The Morgan fingerprint density at radius 3 is 2.83 bits per heavy atom. The van der Waals surface area contributed by atoms with E-state index in [9.17, 15) is 4.79 Å². The van der Waals surface area contributed by atoms with Crippen molar-refractivity contribution in [1.82, 2.24) is 0 Å². The fourth-order valence-corrected chi connectivity index (χ4v) is 1.15. The molecule has 1 aliphatic rings. The molecule has 1 saturated heterocycles. The highest BCUT2D eigenvalue weighted by Crippen LogP contribution is 2.36. The van der Waals surface area contributed by atoms with Crippen molar-refractivity contribution >= 4 is 5.97 Å². The van der Waals surface area contributed by atoms with E-state index in [1.54, 1.807) is 14.0 Å². The van der Waals surface area contributed by atoms with Gasteiger partial charge in [0.1, 0.15) is 5.60 Å². The molecule has 0 N–H and O–H groups in total. The minimum absolute atomic E-state index is 0.294. The smallest absolute Gasteiger partial charge is 0.338 e. The molecule has 0 aliphatic carbocycles. The molecule has 2 unspecified atom stereocenters. The largest absolute Gasteiger partial charge is 0.464 e. The molecule has 0 aromatic carbocycles. The molecule has 0 aromatic heterocycles. The van der Waals surface area contributed by atoms with Crippen LogP contribution in [0.25, 0.3) is 0 Å². The first-order valence-corrected chi connectivity index (χ1v) is 3.97. The molecule has 0 aromatic rings. The summed E-state index contributed by atoms with van der Waals surface area (Å²) in [6, 6.07) is 0. The summed E-state index contributed by atoms with van der Waals surface area (Å²) in [5.74, 6) is -0.294. The molecular weight excluding hydrogens is 160 g/mol. The fraction of sp³-hybridized carbons (Fsp3) is 0.875. The Morgan fingerprint density at radius 2 is 2.33 bits per heavy atom. The third-order valence-corrected chi connectivity index (χ3v) is 1.82. The number of carbonyl (C=O) groups is 1. The quantitative estimate of drug-likeness (QED) is 0.456. The lowest BCUT2D eigenvalue weighted by atomic mass is 10.1. The van der Waals surface area contributed by atoms with Crippen LogP contribution in [-0.4, -0.2) is 38.0 Å². The number of carbonyl (C=O) groups excluding carboxylic acids is 1. The van der Waals surface area contributed by atoms with Crippen LogP contribution in [0.3, 0.4) is 0 Å². The maximum absolute atomic E-state index is 11.1. The van der Waals surface area contributed by atoms with Gasteiger partial charge in [-0.2, -0.15) is 0 Å². The summed E-state index contributed by atoms with van der Waals surface area (Å²) in [5, 5.41) is 0. The number of hydrogen-bond donors (Lipinski definition) is 0. The first kappa shape index (κ1) is 9.48. The van der Waals surface area contributed by atoms with Gasteiger partial charge in [-0.25, -0.2) is 4.79 Å². The van der Waals surface area contributed by atoms with Gasteiger partial charge < -0.3 is 14.2 Å². The molecule has 0 amide bonds. The van der Waals surface area contributed by atoms with E-state index in [1.807, 2.05) is 6.92 Å². The van der Waals surface area contributed by atoms with E-state index >= 15 is 0 Å². The second kappa shape index (κ2) is 3.41. The van der Waals surface area contributed by atoms with Crippen LogP contribution in [0, 0.1) is 0 Å². The monoisotopic (exact) mass is 174 g/mol. The van der Waals surface area contributed by atoms with Gasteiger partial charge in [0.2, 0.25) is 0 Å². The van der Waals surface area contributed by atoms with E-state index in [0.717, 1.165) is 0 Å². The highest BCUT2D eigenvalue weighted by molar-refractivity contribution is 5.79. The van der Waals surface area contributed by atoms with E-state index in [-0.39, 0.29) is 5.97 Å². The van der Waals surface area contributed by atoms with Gasteiger partial charge in [-0.3, -0.25) is 0 Å². The zero-order valence-electron chi connectivity index (χ0n) is 7.62. The molecular formula is C8H14O4. The Balaban J connectivity index is 2.34. The molecule has 1 rings (SSSR count). The predicted octanol–water partition coefficient (Wildman–Crippen LogP) is 0.353. The first-order valence-electron chi connectivity index (χ1n) is 3.97. The summed E-state index contributed by atoms with van der Waals surface area (Å²) >= 11 is 0. The number of esters is 1. The molecule has 0 bridgehead atoms. The van der Waals surface area contributed by atoms with Crippen LogP contribution in [0.1, 0.15) is 13.8 Å². The zero-order valence-corrected chi connectivity index (χ0v) is 7.62. The standard InChI is InChI=1S/C8H14O4/c1-4-11-7(9)6-8(2,12-6)5-10-3/h6H,4-5H2,1-3H3. The van der Waals surface area contributed by atoms with Gasteiger partial charge in [-0.15, -0.1) is 0 Å². The van der Waals surface area contributed by atoms with E-state index in [4.69, 9.17) is 14.2 Å². The van der Waals surface area contributed by atoms with Gasteiger partial charge >= 0.3 is 5.97 Å². The maximum Gasteiger partial charge on any atom is 0.338 e. The molecule has 2 atom stereocenters. The van der Waals surface area contributed by atoms with Crippen LogP contribution in [0.15, 0.2) is 0 Å². The number of rotatable bonds is 4. The summed E-state index contributed by atoms with van der Waals surface area (Å²) in [4.78, 5) is 11.1. The van der Waals surface area contributed by atoms with Crippen LogP contribution >= 0.6 is 0 Å². The second-order valence-electron chi connectivity index (χ2n) is 3.00. The fourth-order valence-electron chi connectivity index (χ4n) is 1.15. The molecule has 4 nitrogen and oxygen atoms in total. The molecule has 1 fully saturated rings. The van der Waals surface area contributed by atoms with Crippen molar-refractivity contribution in [2.45, 2.75) is 25.6 Å². The summed E-state index contributed by atoms with van der Waals surface area (Å²) < 4.78 is 14.8. The first-order chi connectivity index (χ1) is 5.64. The van der Waals surface area contributed by atoms with Gasteiger partial charge in [-0.1, -0.05) is 0 Å². The summed E-state index contributed by atoms with van der Waals surface area (Å²) in [6.45, 7) is 4.42. The molecule has 1 heterocycles. The highest BCUT2D eigenvalue weighted by Gasteiger charge is 2.58. The van der Waals surface area contributed by atoms with Crippen molar-refractivity contribution in [3.8, 4) is 0 Å². The molecule has 0 radical (unpaired) electrons. The topological polar surface area (TPSA) is 48.1 Å². The highest BCUT2D eigenvalue weighted by atomic mass is 16.7. The second-order valence-corrected chi connectivity index (χ2v) is 3.00. The number of methoxy groups -OCH3 is 1. The van der Waals surface area contributed by atoms with Gasteiger partial charge in [0.25, 0.3) is 0 Å². The SMILES string of the molecule is CCOC(=O)C1OC1(C)COC. The van der Waals surface area contributed by atoms with Crippen molar-refractivity contribution in [1.29, 1.82) is 0 Å². The van der Waals surface area contributed by atoms with Crippen molar-refractivity contribution in [2.75, 3.05) is 20.3 Å². The van der Waals surface area contributed by atoms with E-state index in [1.165, 1.54) is 0 Å². The maximum atomic E-state index is 11.1. The Kier molecular flexibility index (Phi) is 2.69. The van der Waals surface area contributed by atoms with E-state index in [2.05, 4.69) is 0 Å². The number of hydrogen-bond acceptors (Lipinski definition) is 4. The van der Waals surface area contributed by atoms with Crippen LogP contribution in [0.4, 0.5) is 0 Å². The lowest BCUT2D eigenvalue weighted by Crippen LogP contribution is -2.24. The summed E-state index contributed by atoms with van der Waals surface area (Å²) in [7, 11) is 1.58. The van der Waals surface area contributed by atoms with Gasteiger partial charge in [0, 0.05) is 7.11 Å². The minimum atomic E-state index is -0.457. The van der Waals surface area contributed by atoms with Gasteiger partial charge in [0.15, 0.2) is 6.10 Å². The molecule has 0 saturated carbocycles. The van der Waals surface area contributed by atoms with Crippen molar-refractivity contribution < 1.29 is 19.0 Å².